The summed E-state index contributed by atoms with van der Waals surface area (Å²) >= 11 is 1.46. The normalized spacial score (nSPS) is 11.1. The summed E-state index contributed by atoms with van der Waals surface area (Å²) in [4.78, 5) is 24.2. The van der Waals surface area contributed by atoms with Crippen LogP contribution in [0.3, 0.4) is 0 Å². The van der Waals surface area contributed by atoms with Gasteiger partial charge in [0.05, 0.1) is 38.3 Å². The fourth-order valence-electron chi connectivity index (χ4n) is 3.49. The third-order valence-electron chi connectivity index (χ3n) is 5.28. The first-order valence-electron chi connectivity index (χ1n) is 10.6. The van der Waals surface area contributed by atoms with Gasteiger partial charge >= 0.3 is 0 Å². The van der Waals surface area contributed by atoms with E-state index < -0.39 is 0 Å². The minimum atomic E-state index is -0.212. The first-order valence-corrected chi connectivity index (χ1v) is 11.4. The van der Waals surface area contributed by atoms with Crippen LogP contribution in [0.5, 0.6) is 17.2 Å². The number of nitrogens with zero attached hydrogens (tertiary/aromatic N) is 3. The van der Waals surface area contributed by atoms with Gasteiger partial charge in [0.25, 0.3) is 5.91 Å². The number of amides is 1. The maximum absolute atomic E-state index is 13.4. The zero-order chi connectivity index (χ0) is 24.1. The Morgan fingerprint density at radius 3 is 2.47 bits per heavy atom. The van der Waals surface area contributed by atoms with E-state index in [-0.39, 0.29) is 12.5 Å². The van der Waals surface area contributed by atoms with E-state index in [9.17, 15) is 4.79 Å². The molecule has 2 heterocycles. The lowest BCUT2D eigenvalue weighted by molar-refractivity contribution is -0.114. The molecule has 0 spiro atoms. The molecular weight excluding hydrogens is 450 g/mol. The van der Waals surface area contributed by atoms with Crippen LogP contribution in [-0.4, -0.2) is 37.2 Å². The number of aromatic nitrogens is 2. The number of rotatable bonds is 8. The van der Waals surface area contributed by atoms with Gasteiger partial charge in [-0.1, -0.05) is 29.5 Å². The number of carbonyl (C=O) groups excluding carboxylic acids is 1. The predicted molar refractivity (Wildman–Crippen MR) is 135 cm³/mol. The monoisotopic (exact) mass is 475 g/mol. The van der Waals surface area contributed by atoms with Crippen molar-refractivity contribution in [3.05, 3.63) is 77.6 Å². The highest BCUT2D eigenvalue weighted by molar-refractivity contribution is 7.22. The van der Waals surface area contributed by atoms with E-state index in [2.05, 4.69) is 4.98 Å². The number of fused-ring (bicyclic) bond motifs is 1. The molecule has 0 radical (unpaired) electrons. The van der Waals surface area contributed by atoms with Gasteiger partial charge in [0, 0.05) is 12.3 Å². The topological polar surface area (TPSA) is 73.8 Å². The second kappa shape index (κ2) is 10.4. The van der Waals surface area contributed by atoms with Crippen LogP contribution in [-0.2, 0) is 11.3 Å². The van der Waals surface area contributed by atoms with Crippen molar-refractivity contribution in [1.29, 1.82) is 0 Å². The molecule has 0 fully saturated rings. The van der Waals surface area contributed by atoms with E-state index in [0.29, 0.717) is 22.4 Å². The van der Waals surface area contributed by atoms with Crippen molar-refractivity contribution in [3.63, 3.8) is 0 Å². The lowest BCUT2D eigenvalue weighted by Gasteiger charge is -2.17. The molecule has 0 aliphatic heterocycles. The number of ether oxygens (including phenoxy) is 3. The molecule has 34 heavy (non-hydrogen) atoms. The van der Waals surface area contributed by atoms with Crippen molar-refractivity contribution in [3.8, 4) is 17.2 Å². The van der Waals surface area contributed by atoms with Crippen LogP contribution in [0.25, 0.3) is 16.3 Å². The summed E-state index contributed by atoms with van der Waals surface area (Å²) in [7, 11) is 4.78. The third-order valence-corrected chi connectivity index (χ3v) is 6.49. The number of thiazole rings is 1. The van der Waals surface area contributed by atoms with Gasteiger partial charge in [-0.15, -0.1) is 0 Å². The zero-order valence-electron chi connectivity index (χ0n) is 19.4. The molecule has 0 saturated heterocycles. The Balaban J connectivity index is 1.70. The van der Waals surface area contributed by atoms with E-state index in [0.717, 1.165) is 27.0 Å². The van der Waals surface area contributed by atoms with Gasteiger partial charge < -0.3 is 14.2 Å². The van der Waals surface area contributed by atoms with Crippen LogP contribution < -0.4 is 19.1 Å². The fraction of sp³-hybridized carbons (Fsp3) is 0.192. The summed E-state index contributed by atoms with van der Waals surface area (Å²) in [5.41, 5.74) is 3.39. The molecule has 0 N–H and O–H groups in total. The van der Waals surface area contributed by atoms with Gasteiger partial charge in [-0.25, -0.2) is 4.98 Å². The molecule has 0 aliphatic carbocycles. The number of aryl methyl sites for hydroxylation is 1. The van der Waals surface area contributed by atoms with Crippen molar-refractivity contribution in [1.82, 2.24) is 9.97 Å². The quantitative estimate of drug-likeness (QED) is 0.323. The van der Waals surface area contributed by atoms with Crippen LogP contribution in [0.4, 0.5) is 5.13 Å². The first kappa shape index (κ1) is 23.3. The van der Waals surface area contributed by atoms with Gasteiger partial charge in [-0.3, -0.25) is 14.7 Å². The van der Waals surface area contributed by atoms with Crippen LogP contribution >= 0.6 is 11.3 Å². The molecule has 2 aromatic carbocycles. The number of anilines is 1. The average Bonchev–Trinajstić information content (AvgIpc) is 3.32. The third kappa shape index (κ3) is 4.87. The molecule has 2 aromatic heterocycles. The molecule has 0 aliphatic rings. The predicted octanol–water partition coefficient (Wildman–Crippen LogP) is 5.27. The molecule has 174 valence electrons. The van der Waals surface area contributed by atoms with Crippen LogP contribution in [0, 0.1) is 6.92 Å². The van der Waals surface area contributed by atoms with Crippen molar-refractivity contribution in [2.24, 2.45) is 0 Å². The highest BCUT2D eigenvalue weighted by atomic mass is 32.1. The molecule has 8 heteroatoms. The molecule has 7 nitrogen and oxygen atoms in total. The van der Waals surface area contributed by atoms with Gasteiger partial charge in [0.1, 0.15) is 11.3 Å². The summed E-state index contributed by atoms with van der Waals surface area (Å²) in [5.74, 6) is 1.68. The van der Waals surface area contributed by atoms with Crippen molar-refractivity contribution in [2.45, 2.75) is 13.5 Å². The zero-order valence-corrected chi connectivity index (χ0v) is 20.3. The summed E-state index contributed by atoms with van der Waals surface area (Å²) < 4.78 is 17.1. The van der Waals surface area contributed by atoms with Crippen LogP contribution in [0.2, 0.25) is 0 Å². The summed E-state index contributed by atoms with van der Waals surface area (Å²) in [6.45, 7) is 2.31. The molecule has 4 rings (SSSR count). The number of hydrogen-bond acceptors (Lipinski definition) is 7. The number of pyridine rings is 1. The Bertz CT molecular complexity index is 1330. The highest BCUT2D eigenvalue weighted by Crippen LogP contribution is 2.37. The average molecular weight is 476 g/mol. The lowest BCUT2D eigenvalue weighted by atomic mass is 10.2. The van der Waals surface area contributed by atoms with E-state index in [1.165, 1.54) is 17.4 Å². The number of methoxy groups -OCH3 is 3. The van der Waals surface area contributed by atoms with E-state index >= 15 is 0 Å². The van der Waals surface area contributed by atoms with Crippen LogP contribution in [0.15, 0.2) is 60.8 Å². The minimum Gasteiger partial charge on any atom is -0.494 e. The second-order valence-corrected chi connectivity index (χ2v) is 8.43. The summed E-state index contributed by atoms with van der Waals surface area (Å²) in [6, 6.07) is 15.0. The maximum Gasteiger partial charge on any atom is 0.253 e. The summed E-state index contributed by atoms with van der Waals surface area (Å²) in [6.07, 6.45) is 4.98. The summed E-state index contributed by atoms with van der Waals surface area (Å²) in [5, 5.41) is 0.579. The second-order valence-electron chi connectivity index (χ2n) is 7.45. The van der Waals surface area contributed by atoms with Crippen molar-refractivity contribution in [2.75, 3.05) is 26.2 Å². The molecule has 4 aromatic rings. The van der Waals surface area contributed by atoms with Gasteiger partial charge in [-0.05, 0) is 54.5 Å². The first-order chi connectivity index (χ1) is 16.5. The molecule has 0 saturated carbocycles. The van der Waals surface area contributed by atoms with Crippen molar-refractivity contribution >= 4 is 38.7 Å². The number of benzene rings is 2. The number of hydrogen-bond donors (Lipinski definition) is 0. The SMILES string of the molecule is COc1ccc(/C=C/C(=O)N(Cc2ccccn2)c2nc3c(OC)ccc(C)c3s2)cc1OC. The smallest absolute Gasteiger partial charge is 0.253 e. The van der Waals surface area contributed by atoms with E-state index in [4.69, 9.17) is 19.2 Å². The molecule has 1 amide bonds. The molecule has 0 bridgehead atoms. The Morgan fingerprint density at radius 2 is 1.76 bits per heavy atom. The van der Waals surface area contributed by atoms with Gasteiger partial charge in [-0.2, -0.15) is 0 Å². The van der Waals surface area contributed by atoms with Gasteiger partial charge in [0.15, 0.2) is 16.6 Å². The van der Waals surface area contributed by atoms with Crippen LogP contribution in [0.1, 0.15) is 16.8 Å². The Kier molecular flexibility index (Phi) is 7.08. The number of carbonyl (C=O) groups is 1. The Hall–Kier alpha value is -3.91. The molecular formula is C26H25N3O4S. The van der Waals surface area contributed by atoms with Gasteiger partial charge in [0.2, 0.25) is 0 Å². The highest BCUT2D eigenvalue weighted by Gasteiger charge is 2.21. The Morgan fingerprint density at radius 1 is 1.00 bits per heavy atom. The fourth-order valence-corrected chi connectivity index (χ4v) is 4.54. The van der Waals surface area contributed by atoms with E-state index in [1.54, 1.807) is 44.6 Å². The largest absolute Gasteiger partial charge is 0.494 e. The van der Waals surface area contributed by atoms with E-state index in [1.807, 2.05) is 49.4 Å². The standard InChI is InChI=1S/C26H25N3O4S/c1-17-8-11-21(32-3)24-25(17)34-26(28-24)29(16-19-7-5-6-14-27-19)23(30)13-10-18-9-12-20(31-2)22(15-18)33-4/h5-15H,16H2,1-4H3/b13-10+. The Labute approximate surface area is 202 Å². The molecule has 0 atom stereocenters. The van der Waals surface area contributed by atoms with Crippen molar-refractivity contribution < 1.29 is 19.0 Å². The molecule has 0 unspecified atom stereocenters. The lowest BCUT2D eigenvalue weighted by Crippen LogP contribution is -2.29. The maximum atomic E-state index is 13.4. The minimum absolute atomic E-state index is 0.212.